The van der Waals surface area contributed by atoms with Gasteiger partial charge in [0, 0.05) is 12.1 Å². The molecule has 20 heavy (non-hydrogen) atoms. The van der Waals surface area contributed by atoms with Crippen molar-refractivity contribution in [1.82, 2.24) is 4.65 Å². The van der Waals surface area contributed by atoms with Crippen LogP contribution in [0.3, 0.4) is 0 Å². The molecule has 0 aliphatic heterocycles. The van der Waals surface area contributed by atoms with Crippen molar-refractivity contribution in [1.29, 1.82) is 0 Å². The van der Waals surface area contributed by atoms with Gasteiger partial charge in [0.15, 0.2) is 5.69 Å². The number of carboxylic acids is 1. The van der Waals surface area contributed by atoms with Crippen molar-refractivity contribution >= 4 is 34.9 Å². The summed E-state index contributed by atoms with van der Waals surface area (Å²) in [6, 6.07) is 6.06. The first-order valence-corrected chi connectivity index (χ1v) is 7.29. The fraction of sp³-hybridized carbons (Fsp3) is 0.462. The third kappa shape index (κ3) is 4.61. The van der Waals surface area contributed by atoms with E-state index in [1.54, 1.807) is 24.3 Å². The van der Waals surface area contributed by atoms with E-state index in [1.807, 2.05) is 0 Å². The van der Waals surface area contributed by atoms with Gasteiger partial charge in [0.25, 0.3) is 0 Å². The van der Waals surface area contributed by atoms with Crippen molar-refractivity contribution in [3.63, 3.8) is 0 Å². The van der Waals surface area contributed by atoms with Crippen molar-refractivity contribution in [3.05, 3.63) is 29.8 Å². The lowest BCUT2D eigenvalue weighted by atomic mass is 10.1. The highest BCUT2D eigenvalue weighted by molar-refractivity contribution is 6.18. The number of carbonyl (C=O) groups is 1. The molecule has 0 spiro atoms. The molecular weight excluding hydrogens is 303 g/mol. The number of hydrogen-bond donors (Lipinski definition) is 3. The molecule has 7 heteroatoms. The number of aliphatic carboxylic acids is 1. The molecule has 1 aromatic rings. The van der Waals surface area contributed by atoms with E-state index in [9.17, 15) is 10.0 Å². The number of quaternary nitrogens is 1. The second-order valence-corrected chi connectivity index (χ2v) is 5.32. The average Bonchev–Trinajstić information content (AvgIpc) is 2.39. The molecule has 5 nitrogen and oxygen atoms in total. The van der Waals surface area contributed by atoms with Crippen LogP contribution in [0.5, 0.6) is 0 Å². The maximum absolute atomic E-state index is 10.7. The summed E-state index contributed by atoms with van der Waals surface area (Å²) in [5.74, 6) is -0.427. The van der Waals surface area contributed by atoms with E-state index in [1.165, 1.54) is 0 Å². The predicted octanol–water partition coefficient (Wildman–Crippen LogP) is 1.82. The zero-order valence-corrected chi connectivity index (χ0v) is 12.5. The van der Waals surface area contributed by atoms with Gasteiger partial charge in [-0.1, -0.05) is 12.1 Å². The van der Waals surface area contributed by atoms with Gasteiger partial charge in [0.2, 0.25) is 0 Å². The molecule has 0 unspecified atom stereocenters. The molecule has 112 valence electrons. The number of nitrogens with two attached hydrogens (primary N) is 1. The Hall–Kier alpha value is -0.850. The number of halogens is 2. The third-order valence-electron chi connectivity index (χ3n) is 3.10. The Morgan fingerprint density at radius 3 is 2.10 bits per heavy atom. The summed E-state index contributed by atoms with van der Waals surface area (Å²) in [6.45, 7) is 0.699. The van der Waals surface area contributed by atoms with E-state index < -0.39 is 12.0 Å². The van der Waals surface area contributed by atoms with Crippen molar-refractivity contribution in [2.45, 2.75) is 12.5 Å². The van der Waals surface area contributed by atoms with Crippen molar-refractivity contribution < 1.29 is 15.1 Å². The van der Waals surface area contributed by atoms with Crippen LogP contribution >= 0.6 is 23.2 Å². The molecule has 0 saturated carbocycles. The molecular formula is C13H19Cl2N2O3+. The van der Waals surface area contributed by atoms with E-state index in [0.717, 1.165) is 5.56 Å². The normalized spacial score (nSPS) is 13.2. The molecule has 1 atom stereocenters. The van der Waals surface area contributed by atoms with Crippen LogP contribution in [0.1, 0.15) is 5.56 Å². The van der Waals surface area contributed by atoms with Crippen molar-refractivity contribution in [3.8, 4) is 0 Å². The van der Waals surface area contributed by atoms with E-state index in [2.05, 4.69) is 0 Å². The zero-order chi connectivity index (χ0) is 15.2. The van der Waals surface area contributed by atoms with Crippen LogP contribution < -0.4 is 10.4 Å². The number of carboxylic acid groups (broad SMARTS) is 1. The number of rotatable bonds is 8. The summed E-state index contributed by atoms with van der Waals surface area (Å²) in [5, 5.41) is 19.3. The smallest absolute Gasteiger partial charge is 0.320 e. The van der Waals surface area contributed by atoms with Crippen molar-refractivity contribution in [2.75, 3.05) is 24.8 Å². The Labute approximate surface area is 128 Å². The molecule has 0 heterocycles. The molecule has 0 fully saturated rings. The summed E-state index contributed by atoms with van der Waals surface area (Å²) in [7, 11) is 0. The van der Waals surface area contributed by atoms with Gasteiger partial charge in [-0.3, -0.25) is 4.79 Å². The Balaban J connectivity index is 2.85. The van der Waals surface area contributed by atoms with Crippen LogP contribution in [-0.2, 0) is 11.2 Å². The van der Waals surface area contributed by atoms with Gasteiger partial charge in [0.1, 0.15) is 19.1 Å². The second kappa shape index (κ2) is 7.81. The fourth-order valence-corrected chi connectivity index (χ4v) is 2.46. The van der Waals surface area contributed by atoms with Crippen LogP contribution in [0.4, 0.5) is 5.69 Å². The van der Waals surface area contributed by atoms with Crippen LogP contribution in [0.2, 0.25) is 0 Å². The van der Waals surface area contributed by atoms with Gasteiger partial charge in [0.05, 0.1) is 11.8 Å². The number of benzene rings is 1. The average molecular weight is 322 g/mol. The lowest BCUT2D eigenvalue weighted by molar-refractivity contribution is -0.138. The summed E-state index contributed by atoms with van der Waals surface area (Å²) in [5.41, 5.74) is 6.94. The highest BCUT2D eigenvalue weighted by Gasteiger charge is 2.27. The molecule has 0 amide bonds. The van der Waals surface area contributed by atoms with Crippen LogP contribution in [0.25, 0.3) is 0 Å². The molecule has 4 N–H and O–H groups in total. The van der Waals surface area contributed by atoms with Gasteiger partial charge >= 0.3 is 5.97 Å². The van der Waals surface area contributed by atoms with Gasteiger partial charge in [-0.25, -0.2) is 5.21 Å². The SMILES string of the molecule is N[C@@H](Cc1ccc([N+](O)(CCCl)CCCl)cc1)C(=O)O. The third-order valence-corrected chi connectivity index (χ3v) is 3.44. The first-order valence-electron chi connectivity index (χ1n) is 6.22. The molecule has 0 aliphatic rings. The summed E-state index contributed by atoms with van der Waals surface area (Å²) >= 11 is 11.4. The lowest BCUT2D eigenvalue weighted by Crippen LogP contribution is -2.48. The van der Waals surface area contributed by atoms with Crippen LogP contribution in [0, 0.1) is 0 Å². The zero-order valence-electron chi connectivity index (χ0n) is 11.0. The maximum atomic E-state index is 10.7. The Morgan fingerprint density at radius 2 is 1.70 bits per heavy atom. The largest absolute Gasteiger partial charge is 0.480 e. The second-order valence-electron chi connectivity index (χ2n) is 4.56. The fourth-order valence-electron chi connectivity index (χ4n) is 1.90. The first-order chi connectivity index (χ1) is 9.42. The summed E-state index contributed by atoms with van der Waals surface area (Å²) in [4.78, 5) is 10.7. The molecule has 1 rings (SSSR count). The Bertz CT molecular complexity index is 434. The minimum Gasteiger partial charge on any atom is -0.480 e. The number of nitrogens with zero attached hydrogens (tertiary/aromatic N) is 1. The molecule has 0 aromatic heterocycles. The molecule has 0 radical (unpaired) electrons. The summed E-state index contributed by atoms with van der Waals surface area (Å²) < 4.78 is -0.335. The molecule has 0 saturated heterocycles. The summed E-state index contributed by atoms with van der Waals surface area (Å²) in [6.07, 6.45) is 0.242. The van der Waals surface area contributed by atoms with Crippen LogP contribution in [-0.4, -0.2) is 47.2 Å². The maximum Gasteiger partial charge on any atom is 0.320 e. The molecule has 0 bridgehead atoms. The predicted molar refractivity (Wildman–Crippen MR) is 80.5 cm³/mol. The van der Waals surface area contributed by atoms with E-state index in [-0.39, 0.29) is 11.1 Å². The Kier molecular flexibility index (Phi) is 6.71. The van der Waals surface area contributed by atoms with Gasteiger partial charge in [-0.05, 0) is 12.0 Å². The molecule has 1 aromatic carbocycles. The van der Waals surface area contributed by atoms with Crippen molar-refractivity contribution in [2.24, 2.45) is 5.73 Å². The quantitative estimate of drug-likeness (QED) is 0.387. The number of hydroxylamine groups is 2. The first kappa shape index (κ1) is 17.2. The minimum absolute atomic E-state index is 0.242. The standard InChI is InChI=1S/C13H18Cl2N2O3/c14-5-7-17(20,8-6-15)11-3-1-10(2-4-11)9-12(16)13(18)19/h1-4,12,20H,5-9,16H2/p+1/t12-/m0/s1. The monoisotopic (exact) mass is 321 g/mol. The van der Waals surface area contributed by atoms with Gasteiger partial charge in [-0.15, -0.1) is 27.8 Å². The topological polar surface area (TPSA) is 83.5 Å². The Morgan fingerprint density at radius 1 is 1.20 bits per heavy atom. The van der Waals surface area contributed by atoms with E-state index in [4.69, 9.17) is 34.0 Å². The van der Waals surface area contributed by atoms with Crippen LogP contribution in [0.15, 0.2) is 24.3 Å². The van der Waals surface area contributed by atoms with E-state index in [0.29, 0.717) is 30.5 Å². The highest BCUT2D eigenvalue weighted by atomic mass is 35.5. The van der Waals surface area contributed by atoms with Gasteiger partial charge in [-0.2, -0.15) is 0 Å². The molecule has 0 aliphatic carbocycles. The number of alkyl halides is 2. The van der Waals surface area contributed by atoms with Gasteiger partial charge < -0.3 is 10.8 Å². The highest BCUT2D eigenvalue weighted by Crippen LogP contribution is 2.22. The number of hydrogen-bond acceptors (Lipinski definition) is 3. The van der Waals surface area contributed by atoms with E-state index >= 15 is 0 Å². The minimum atomic E-state index is -1.04. The lowest BCUT2D eigenvalue weighted by Gasteiger charge is -2.28.